The van der Waals surface area contributed by atoms with Crippen LogP contribution in [0.1, 0.15) is 0 Å². The van der Waals surface area contributed by atoms with Crippen LogP contribution in [0.2, 0.25) is 0 Å². The molecule has 1 aromatic carbocycles. The van der Waals surface area contributed by atoms with Crippen molar-refractivity contribution < 1.29 is 9.59 Å². The highest BCUT2D eigenvalue weighted by Gasteiger charge is 2.17. The number of hydrogen-bond donors (Lipinski definition) is 2. The summed E-state index contributed by atoms with van der Waals surface area (Å²) in [5.41, 5.74) is 1.51. The summed E-state index contributed by atoms with van der Waals surface area (Å²) in [7, 11) is 3.26. The first kappa shape index (κ1) is 11.8. The third-order valence-electron chi connectivity index (χ3n) is 2.50. The van der Waals surface area contributed by atoms with Crippen molar-refractivity contribution >= 4 is 35.1 Å². The van der Waals surface area contributed by atoms with Gasteiger partial charge >= 0.3 is 6.03 Å². The van der Waals surface area contributed by atoms with Gasteiger partial charge < -0.3 is 10.6 Å². The first-order valence-electron chi connectivity index (χ1n) is 5.14. The van der Waals surface area contributed by atoms with Crippen molar-refractivity contribution in [3.05, 3.63) is 18.2 Å². The summed E-state index contributed by atoms with van der Waals surface area (Å²) < 4.78 is 0. The van der Waals surface area contributed by atoms with E-state index in [0.717, 1.165) is 16.3 Å². The highest BCUT2D eigenvalue weighted by Crippen LogP contribution is 2.34. The Morgan fingerprint density at radius 2 is 2.29 bits per heavy atom. The zero-order valence-corrected chi connectivity index (χ0v) is 10.4. The van der Waals surface area contributed by atoms with Crippen LogP contribution in [0.5, 0.6) is 0 Å². The van der Waals surface area contributed by atoms with Gasteiger partial charge in [0, 0.05) is 24.7 Å². The molecule has 0 saturated carbocycles. The topological polar surface area (TPSA) is 61.4 Å². The third kappa shape index (κ3) is 2.36. The van der Waals surface area contributed by atoms with E-state index in [-0.39, 0.29) is 11.9 Å². The van der Waals surface area contributed by atoms with E-state index in [1.165, 1.54) is 16.7 Å². The van der Waals surface area contributed by atoms with Crippen LogP contribution in [0.15, 0.2) is 23.1 Å². The van der Waals surface area contributed by atoms with Crippen molar-refractivity contribution in [3.63, 3.8) is 0 Å². The molecule has 2 N–H and O–H groups in total. The number of fused-ring (bicyclic) bond motifs is 1. The molecule has 1 aliphatic rings. The normalized spacial score (nSPS) is 13.6. The van der Waals surface area contributed by atoms with Crippen LogP contribution in [0.25, 0.3) is 0 Å². The predicted octanol–water partition coefficient (Wildman–Crippen LogP) is 1.51. The zero-order valence-electron chi connectivity index (χ0n) is 9.61. The van der Waals surface area contributed by atoms with Gasteiger partial charge in [-0.3, -0.25) is 9.69 Å². The number of carbonyl (C=O) groups excluding carboxylic acids is 2. The van der Waals surface area contributed by atoms with E-state index in [9.17, 15) is 9.59 Å². The molecule has 0 aromatic heterocycles. The summed E-state index contributed by atoms with van der Waals surface area (Å²) in [6, 6.07) is 5.38. The fourth-order valence-corrected chi connectivity index (χ4v) is 2.35. The van der Waals surface area contributed by atoms with Crippen molar-refractivity contribution in [3.8, 4) is 0 Å². The molecular formula is C11H13N3O2S. The molecule has 1 heterocycles. The second kappa shape index (κ2) is 4.67. The number of benzene rings is 1. The summed E-state index contributed by atoms with van der Waals surface area (Å²) in [5, 5.41) is 5.34. The molecule has 3 amide bonds. The van der Waals surface area contributed by atoms with Crippen LogP contribution < -0.4 is 15.5 Å². The monoisotopic (exact) mass is 251 g/mol. The second-order valence-electron chi connectivity index (χ2n) is 3.63. The standard InChI is InChI=1S/C11H13N3O2S/c1-12-11(16)14(2)7-3-4-9-8(5-7)13-10(15)6-17-9/h3-5H,6H2,1-2H3,(H,12,16)(H,13,15). The predicted molar refractivity (Wildman–Crippen MR) is 68.7 cm³/mol. The maximum atomic E-state index is 11.5. The van der Waals surface area contributed by atoms with Crippen LogP contribution in [-0.4, -0.2) is 31.8 Å². The molecule has 0 radical (unpaired) electrons. The molecule has 17 heavy (non-hydrogen) atoms. The van der Waals surface area contributed by atoms with Gasteiger partial charge in [0.25, 0.3) is 0 Å². The van der Waals surface area contributed by atoms with E-state index in [0.29, 0.717) is 5.75 Å². The third-order valence-corrected chi connectivity index (χ3v) is 3.58. The van der Waals surface area contributed by atoms with Crippen LogP contribution >= 0.6 is 11.8 Å². The minimum atomic E-state index is -0.195. The Hall–Kier alpha value is -1.69. The Kier molecular flexibility index (Phi) is 3.23. The minimum Gasteiger partial charge on any atom is -0.341 e. The Balaban J connectivity index is 2.29. The number of rotatable bonds is 1. The Morgan fingerprint density at radius 3 is 3.00 bits per heavy atom. The highest BCUT2D eigenvalue weighted by molar-refractivity contribution is 8.00. The van der Waals surface area contributed by atoms with Gasteiger partial charge in [-0.25, -0.2) is 4.79 Å². The second-order valence-corrected chi connectivity index (χ2v) is 4.65. The van der Waals surface area contributed by atoms with Gasteiger partial charge in [-0.2, -0.15) is 0 Å². The highest BCUT2D eigenvalue weighted by atomic mass is 32.2. The van der Waals surface area contributed by atoms with Crippen LogP contribution in [0.4, 0.5) is 16.2 Å². The van der Waals surface area contributed by atoms with Gasteiger partial charge in [-0.1, -0.05) is 0 Å². The summed E-state index contributed by atoms with van der Waals surface area (Å²) >= 11 is 1.50. The summed E-state index contributed by atoms with van der Waals surface area (Å²) in [4.78, 5) is 25.3. The molecule has 0 spiro atoms. The van der Waals surface area contributed by atoms with E-state index in [2.05, 4.69) is 10.6 Å². The first-order chi connectivity index (χ1) is 8.11. The fourth-order valence-electron chi connectivity index (χ4n) is 1.56. The van der Waals surface area contributed by atoms with E-state index in [4.69, 9.17) is 0 Å². The van der Waals surface area contributed by atoms with Crippen LogP contribution in [-0.2, 0) is 4.79 Å². The van der Waals surface area contributed by atoms with E-state index in [1.54, 1.807) is 20.2 Å². The molecule has 2 rings (SSSR count). The largest absolute Gasteiger partial charge is 0.341 e. The fraction of sp³-hybridized carbons (Fsp3) is 0.273. The van der Waals surface area contributed by atoms with Crippen molar-refractivity contribution in [2.45, 2.75) is 4.90 Å². The average Bonchev–Trinajstić information content (AvgIpc) is 2.36. The molecule has 90 valence electrons. The lowest BCUT2D eigenvalue weighted by atomic mass is 10.2. The number of carbonyl (C=O) groups is 2. The minimum absolute atomic E-state index is 0.0118. The molecule has 0 atom stereocenters. The number of amides is 3. The Morgan fingerprint density at radius 1 is 1.53 bits per heavy atom. The molecule has 0 unspecified atom stereocenters. The molecule has 0 bridgehead atoms. The van der Waals surface area contributed by atoms with Gasteiger partial charge in [0.2, 0.25) is 5.91 Å². The first-order valence-corrected chi connectivity index (χ1v) is 6.12. The molecular weight excluding hydrogens is 238 g/mol. The van der Waals surface area contributed by atoms with Crippen molar-refractivity contribution in [1.29, 1.82) is 0 Å². The van der Waals surface area contributed by atoms with E-state index >= 15 is 0 Å². The van der Waals surface area contributed by atoms with Crippen LogP contribution in [0, 0.1) is 0 Å². The average molecular weight is 251 g/mol. The van der Waals surface area contributed by atoms with Crippen molar-refractivity contribution in [1.82, 2.24) is 5.32 Å². The van der Waals surface area contributed by atoms with Gasteiger partial charge in [0.1, 0.15) is 0 Å². The number of hydrogen-bond acceptors (Lipinski definition) is 3. The van der Waals surface area contributed by atoms with Crippen molar-refractivity contribution in [2.24, 2.45) is 0 Å². The van der Waals surface area contributed by atoms with Crippen LogP contribution in [0.3, 0.4) is 0 Å². The zero-order chi connectivity index (χ0) is 12.4. The van der Waals surface area contributed by atoms with E-state index in [1.807, 2.05) is 12.1 Å². The quantitative estimate of drug-likeness (QED) is 0.795. The molecule has 0 aliphatic carbocycles. The maximum absolute atomic E-state index is 11.5. The summed E-state index contributed by atoms with van der Waals surface area (Å²) in [6.07, 6.45) is 0. The van der Waals surface area contributed by atoms with Gasteiger partial charge in [-0.05, 0) is 18.2 Å². The lowest BCUT2D eigenvalue weighted by Gasteiger charge is -2.21. The number of urea groups is 1. The Labute approximate surface area is 104 Å². The molecule has 5 nitrogen and oxygen atoms in total. The van der Waals surface area contributed by atoms with Gasteiger partial charge in [0.15, 0.2) is 0 Å². The Bertz CT molecular complexity index is 476. The number of nitrogens with one attached hydrogen (secondary N) is 2. The number of thioether (sulfide) groups is 1. The SMILES string of the molecule is CNC(=O)N(C)c1ccc2c(c1)NC(=O)CS2. The number of nitrogens with zero attached hydrogens (tertiary/aromatic N) is 1. The van der Waals surface area contributed by atoms with Gasteiger partial charge in [-0.15, -0.1) is 11.8 Å². The molecule has 0 fully saturated rings. The lowest BCUT2D eigenvalue weighted by molar-refractivity contribution is -0.113. The molecule has 1 aliphatic heterocycles. The van der Waals surface area contributed by atoms with E-state index < -0.39 is 0 Å². The van der Waals surface area contributed by atoms with Gasteiger partial charge in [0.05, 0.1) is 11.4 Å². The number of anilines is 2. The lowest BCUT2D eigenvalue weighted by Crippen LogP contribution is -2.34. The smallest absolute Gasteiger partial charge is 0.321 e. The molecule has 6 heteroatoms. The van der Waals surface area contributed by atoms with Crippen molar-refractivity contribution in [2.75, 3.05) is 30.1 Å². The summed E-state index contributed by atoms with van der Waals surface area (Å²) in [6.45, 7) is 0. The molecule has 1 aromatic rings. The maximum Gasteiger partial charge on any atom is 0.321 e. The molecule has 0 saturated heterocycles. The summed E-state index contributed by atoms with van der Waals surface area (Å²) in [5.74, 6) is 0.430.